The van der Waals surface area contributed by atoms with Gasteiger partial charge in [0, 0.05) is 16.9 Å². The van der Waals surface area contributed by atoms with E-state index in [2.05, 4.69) is 16.0 Å². The van der Waals surface area contributed by atoms with E-state index in [9.17, 15) is 22.8 Å². The van der Waals surface area contributed by atoms with E-state index in [0.717, 1.165) is 28.8 Å². The average Bonchev–Trinajstić information content (AvgIpc) is 2.90. The Morgan fingerprint density at radius 1 is 0.763 bits per heavy atom. The molecule has 0 aliphatic heterocycles. The first kappa shape index (κ1) is 26.8. The van der Waals surface area contributed by atoms with E-state index < -0.39 is 22.8 Å². The number of benzene rings is 4. The van der Waals surface area contributed by atoms with Gasteiger partial charge in [0.1, 0.15) is 0 Å². The highest BCUT2D eigenvalue weighted by Gasteiger charge is 2.33. The molecule has 1 atom stereocenters. The summed E-state index contributed by atoms with van der Waals surface area (Å²) in [6, 6.07) is 26.0. The van der Waals surface area contributed by atoms with Crippen molar-refractivity contribution in [1.82, 2.24) is 5.32 Å². The molecular formula is C29H23ClF3N3O2. The van der Waals surface area contributed by atoms with E-state index in [0.29, 0.717) is 11.3 Å². The Hall–Kier alpha value is -4.30. The molecule has 9 heteroatoms. The number of nitrogens with one attached hydrogen (secondary N) is 3. The van der Waals surface area contributed by atoms with Crippen LogP contribution in [-0.2, 0) is 6.18 Å². The summed E-state index contributed by atoms with van der Waals surface area (Å²) in [7, 11) is 0. The molecule has 4 aromatic rings. The van der Waals surface area contributed by atoms with Gasteiger partial charge >= 0.3 is 12.2 Å². The zero-order valence-corrected chi connectivity index (χ0v) is 20.9. The Bertz CT molecular complexity index is 1420. The monoisotopic (exact) mass is 537 g/mol. The van der Waals surface area contributed by atoms with E-state index in [4.69, 9.17) is 11.6 Å². The summed E-state index contributed by atoms with van der Waals surface area (Å²) in [5.41, 5.74) is 2.64. The standard InChI is InChI=1S/C29H23ClF3N3O2/c1-18(19-5-3-2-4-6-19)34-27(37)22-9-7-20(8-10-22)21-11-13-23(14-12-21)35-28(38)36-24-15-16-26(30)25(17-24)29(31,32)33/h2-18H,1H3,(H,34,37)(H2,35,36,38). The SMILES string of the molecule is CC(NC(=O)c1ccc(-c2ccc(NC(=O)Nc3ccc(Cl)c(C(F)(F)F)c3)cc2)cc1)c1ccccc1. The molecule has 4 aromatic carbocycles. The number of amides is 3. The van der Waals surface area contributed by atoms with Crippen molar-refractivity contribution < 1.29 is 22.8 Å². The summed E-state index contributed by atoms with van der Waals surface area (Å²) < 4.78 is 39.1. The average molecular weight is 538 g/mol. The molecule has 194 valence electrons. The maximum atomic E-state index is 13.0. The minimum absolute atomic E-state index is 0.0434. The van der Waals surface area contributed by atoms with Crippen LogP contribution in [-0.4, -0.2) is 11.9 Å². The predicted octanol–water partition coefficient (Wildman–Crippen LogP) is 8.16. The van der Waals surface area contributed by atoms with Crippen molar-refractivity contribution in [3.63, 3.8) is 0 Å². The third-order valence-electron chi connectivity index (χ3n) is 5.80. The lowest BCUT2D eigenvalue weighted by Gasteiger charge is -2.14. The summed E-state index contributed by atoms with van der Waals surface area (Å²) in [5, 5.41) is 7.48. The topological polar surface area (TPSA) is 70.2 Å². The second-order valence-corrected chi connectivity index (χ2v) is 8.94. The van der Waals surface area contributed by atoms with Crippen molar-refractivity contribution in [2.45, 2.75) is 19.1 Å². The zero-order valence-electron chi connectivity index (χ0n) is 20.1. The highest BCUT2D eigenvalue weighted by atomic mass is 35.5. The number of halogens is 4. The van der Waals surface area contributed by atoms with Crippen LogP contribution >= 0.6 is 11.6 Å². The van der Waals surface area contributed by atoms with Gasteiger partial charge in [-0.1, -0.05) is 66.2 Å². The third kappa shape index (κ3) is 6.72. The molecule has 0 radical (unpaired) electrons. The fourth-order valence-corrected chi connectivity index (χ4v) is 4.00. The lowest BCUT2D eigenvalue weighted by Crippen LogP contribution is -2.26. The molecule has 5 nitrogen and oxygen atoms in total. The van der Waals surface area contributed by atoms with Gasteiger partial charge in [0.25, 0.3) is 5.91 Å². The lowest BCUT2D eigenvalue weighted by atomic mass is 10.0. The molecule has 0 bridgehead atoms. The van der Waals surface area contributed by atoms with Gasteiger partial charge in [-0.2, -0.15) is 13.2 Å². The van der Waals surface area contributed by atoms with E-state index in [-0.39, 0.29) is 17.6 Å². The zero-order chi connectivity index (χ0) is 27.3. The smallest absolute Gasteiger partial charge is 0.346 e. The molecule has 0 heterocycles. The predicted molar refractivity (Wildman–Crippen MR) is 143 cm³/mol. The quantitative estimate of drug-likeness (QED) is 0.232. The number of hydrogen-bond acceptors (Lipinski definition) is 2. The van der Waals surface area contributed by atoms with Crippen molar-refractivity contribution >= 4 is 34.9 Å². The van der Waals surface area contributed by atoms with Crippen molar-refractivity contribution in [3.05, 3.63) is 119 Å². The third-order valence-corrected chi connectivity index (χ3v) is 6.13. The van der Waals surface area contributed by atoms with Crippen LogP contribution in [0.3, 0.4) is 0 Å². The summed E-state index contributed by atoms with van der Waals surface area (Å²) in [6.45, 7) is 1.92. The van der Waals surface area contributed by atoms with E-state index in [1.807, 2.05) is 49.4 Å². The molecule has 0 saturated carbocycles. The molecule has 0 aliphatic rings. The number of anilines is 2. The number of alkyl halides is 3. The largest absolute Gasteiger partial charge is 0.417 e. The molecular weight excluding hydrogens is 515 g/mol. The van der Waals surface area contributed by atoms with Gasteiger partial charge in [0.2, 0.25) is 0 Å². The summed E-state index contributed by atoms with van der Waals surface area (Å²) >= 11 is 5.61. The molecule has 3 amide bonds. The van der Waals surface area contributed by atoms with Gasteiger partial charge in [-0.15, -0.1) is 0 Å². The maximum absolute atomic E-state index is 13.0. The summed E-state index contributed by atoms with van der Waals surface area (Å²) in [4.78, 5) is 24.9. The number of hydrogen-bond donors (Lipinski definition) is 3. The fourth-order valence-electron chi connectivity index (χ4n) is 3.78. The molecule has 0 saturated heterocycles. The Morgan fingerprint density at radius 3 is 1.92 bits per heavy atom. The molecule has 0 fully saturated rings. The highest BCUT2D eigenvalue weighted by Crippen LogP contribution is 2.36. The number of carbonyl (C=O) groups excluding carboxylic acids is 2. The van der Waals surface area contributed by atoms with Crippen molar-refractivity contribution in [3.8, 4) is 11.1 Å². The van der Waals surface area contributed by atoms with Crippen LogP contribution in [0.5, 0.6) is 0 Å². The van der Waals surface area contributed by atoms with Gasteiger partial charge in [-0.25, -0.2) is 4.79 Å². The molecule has 38 heavy (non-hydrogen) atoms. The minimum atomic E-state index is -4.64. The Kier molecular flexibility index (Phi) is 8.02. The Labute approximate surface area is 222 Å². The van der Waals surface area contributed by atoms with Gasteiger partial charge in [-0.05, 0) is 66.1 Å². The first-order valence-electron chi connectivity index (χ1n) is 11.6. The first-order valence-corrected chi connectivity index (χ1v) is 12.0. The molecule has 4 rings (SSSR count). The molecule has 3 N–H and O–H groups in total. The van der Waals surface area contributed by atoms with Gasteiger partial charge in [0.05, 0.1) is 16.6 Å². The maximum Gasteiger partial charge on any atom is 0.417 e. The molecule has 0 aliphatic carbocycles. The van der Waals surface area contributed by atoms with Crippen LogP contribution in [0.1, 0.15) is 34.5 Å². The van der Waals surface area contributed by atoms with Crippen LogP contribution in [0, 0.1) is 0 Å². The fraction of sp³-hybridized carbons (Fsp3) is 0.103. The van der Waals surface area contributed by atoms with E-state index in [1.165, 1.54) is 6.07 Å². The lowest BCUT2D eigenvalue weighted by molar-refractivity contribution is -0.137. The normalized spacial score (nSPS) is 11.9. The second kappa shape index (κ2) is 11.4. The summed E-state index contributed by atoms with van der Waals surface area (Å²) in [6.07, 6.45) is -4.64. The number of urea groups is 1. The van der Waals surface area contributed by atoms with E-state index >= 15 is 0 Å². The van der Waals surface area contributed by atoms with Gasteiger partial charge in [0.15, 0.2) is 0 Å². The Morgan fingerprint density at radius 2 is 1.32 bits per heavy atom. The molecule has 1 unspecified atom stereocenters. The van der Waals surface area contributed by atoms with Crippen LogP contribution in [0.2, 0.25) is 5.02 Å². The van der Waals surface area contributed by atoms with Crippen LogP contribution < -0.4 is 16.0 Å². The van der Waals surface area contributed by atoms with Crippen LogP contribution in [0.4, 0.5) is 29.3 Å². The van der Waals surface area contributed by atoms with Crippen molar-refractivity contribution in [2.75, 3.05) is 10.6 Å². The first-order chi connectivity index (χ1) is 18.1. The van der Waals surface area contributed by atoms with Gasteiger partial charge < -0.3 is 16.0 Å². The number of rotatable bonds is 6. The molecule has 0 aromatic heterocycles. The minimum Gasteiger partial charge on any atom is -0.346 e. The van der Waals surface area contributed by atoms with E-state index in [1.54, 1.807) is 36.4 Å². The second-order valence-electron chi connectivity index (χ2n) is 8.53. The number of carbonyl (C=O) groups is 2. The van der Waals surface area contributed by atoms with Crippen LogP contribution in [0.15, 0.2) is 97.1 Å². The van der Waals surface area contributed by atoms with Crippen molar-refractivity contribution in [2.24, 2.45) is 0 Å². The van der Waals surface area contributed by atoms with Crippen LogP contribution in [0.25, 0.3) is 11.1 Å². The highest BCUT2D eigenvalue weighted by molar-refractivity contribution is 6.31. The van der Waals surface area contributed by atoms with Gasteiger partial charge in [-0.3, -0.25) is 4.79 Å². The van der Waals surface area contributed by atoms with Crippen molar-refractivity contribution in [1.29, 1.82) is 0 Å². The summed E-state index contributed by atoms with van der Waals surface area (Å²) in [5.74, 6) is -0.179. The Balaban J connectivity index is 1.36. The molecule has 0 spiro atoms.